The Bertz CT molecular complexity index is 555. The summed E-state index contributed by atoms with van der Waals surface area (Å²) in [4.78, 5) is 11.9. The number of nitrogens with one attached hydrogen (secondary N) is 2. The predicted octanol–water partition coefficient (Wildman–Crippen LogP) is 3.08. The molecule has 94 valence electrons. The number of carbonyl (C=O) groups excluding carboxylic acids is 1. The molecule has 1 amide bonds. The Hall–Kier alpha value is -1.84. The number of carbonyl (C=O) groups is 1. The molecule has 2 aromatic rings. The minimum Gasteiger partial charge on any atom is -0.326 e. The minimum atomic E-state index is 0.129. The van der Waals surface area contributed by atoms with E-state index in [1.54, 1.807) is 6.20 Å². The molecule has 4 heteroatoms. The first-order valence-electron chi connectivity index (χ1n) is 6.54. The third-order valence-electron chi connectivity index (χ3n) is 3.67. The van der Waals surface area contributed by atoms with Gasteiger partial charge in [0.05, 0.1) is 11.7 Å². The first kappa shape index (κ1) is 11.3. The van der Waals surface area contributed by atoms with Gasteiger partial charge in [-0.2, -0.15) is 5.10 Å². The van der Waals surface area contributed by atoms with Gasteiger partial charge >= 0.3 is 0 Å². The fourth-order valence-electron chi connectivity index (χ4n) is 2.71. The Morgan fingerprint density at radius 3 is 3.06 bits per heavy atom. The zero-order chi connectivity index (χ0) is 12.4. The highest BCUT2D eigenvalue weighted by molar-refractivity contribution is 5.93. The summed E-state index contributed by atoms with van der Waals surface area (Å²) >= 11 is 0. The van der Waals surface area contributed by atoms with Crippen LogP contribution in [0.4, 0.5) is 5.69 Å². The van der Waals surface area contributed by atoms with Crippen molar-refractivity contribution in [3.8, 4) is 0 Å². The normalized spacial score (nSPS) is 16.2. The van der Waals surface area contributed by atoms with Crippen molar-refractivity contribution in [1.29, 1.82) is 0 Å². The molecule has 3 rings (SSSR count). The van der Waals surface area contributed by atoms with Crippen LogP contribution in [0.5, 0.6) is 0 Å². The van der Waals surface area contributed by atoms with Gasteiger partial charge in [-0.3, -0.25) is 9.89 Å². The second-order valence-corrected chi connectivity index (χ2v) is 5.07. The molecular weight excluding hydrogens is 226 g/mol. The minimum absolute atomic E-state index is 0.129. The monoisotopic (exact) mass is 243 g/mol. The van der Waals surface area contributed by atoms with Crippen LogP contribution in [0.25, 0.3) is 10.9 Å². The van der Waals surface area contributed by atoms with E-state index in [9.17, 15) is 4.79 Å². The Morgan fingerprint density at radius 1 is 1.39 bits per heavy atom. The number of nitrogens with zero attached hydrogens (tertiary/aromatic N) is 1. The zero-order valence-corrected chi connectivity index (χ0v) is 10.3. The van der Waals surface area contributed by atoms with Crippen molar-refractivity contribution in [1.82, 2.24) is 10.2 Å². The van der Waals surface area contributed by atoms with E-state index in [2.05, 4.69) is 15.5 Å². The Balaban J connectivity index is 1.65. The highest BCUT2D eigenvalue weighted by Gasteiger charge is 2.18. The second-order valence-electron chi connectivity index (χ2n) is 5.07. The van der Waals surface area contributed by atoms with E-state index < -0.39 is 0 Å². The topological polar surface area (TPSA) is 57.8 Å². The van der Waals surface area contributed by atoms with Crippen LogP contribution in [0.2, 0.25) is 0 Å². The largest absolute Gasteiger partial charge is 0.326 e. The van der Waals surface area contributed by atoms with Crippen molar-refractivity contribution < 1.29 is 4.79 Å². The number of anilines is 1. The number of amides is 1. The van der Waals surface area contributed by atoms with Crippen molar-refractivity contribution in [2.24, 2.45) is 5.92 Å². The third kappa shape index (κ3) is 2.37. The number of rotatable bonds is 3. The van der Waals surface area contributed by atoms with Crippen LogP contribution in [0.15, 0.2) is 24.4 Å². The molecule has 0 atom stereocenters. The number of hydrogen-bond acceptors (Lipinski definition) is 2. The molecule has 1 aliphatic carbocycles. The van der Waals surface area contributed by atoms with Crippen molar-refractivity contribution in [2.45, 2.75) is 32.1 Å². The number of benzene rings is 1. The quantitative estimate of drug-likeness (QED) is 0.870. The average molecular weight is 243 g/mol. The van der Waals surface area contributed by atoms with Crippen LogP contribution >= 0.6 is 0 Å². The molecule has 0 unspecified atom stereocenters. The number of aromatic nitrogens is 2. The van der Waals surface area contributed by atoms with E-state index in [1.165, 1.54) is 25.7 Å². The van der Waals surface area contributed by atoms with Crippen LogP contribution in [-0.4, -0.2) is 16.1 Å². The molecule has 0 saturated heterocycles. The maximum Gasteiger partial charge on any atom is 0.224 e. The Kier molecular flexibility index (Phi) is 3.00. The number of fused-ring (bicyclic) bond motifs is 1. The fraction of sp³-hybridized carbons (Fsp3) is 0.429. The van der Waals surface area contributed by atoms with Gasteiger partial charge in [0.25, 0.3) is 0 Å². The molecule has 0 spiro atoms. The molecule has 1 fully saturated rings. The lowest BCUT2D eigenvalue weighted by molar-refractivity contribution is -0.117. The van der Waals surface area contributed by atoms with Crippen LogP contribution in [0.3, 0.4) is 0 Å². The number of hydrogen-bond donors (Lipinski definition) is 2. The summed E-state index contributed by atoms with van der Waals surface area (Å²) in [5.74, 6) is 0.715. The smallest absolute Gasteiger partial charge is 0.224 e. The standard InChI is InChI=1S/C14H17N3O/c18-14(7-10-3-1-2-4-10)16-12-5-6-13-11(8-12)9-15-17-13/h5-6,8-10H,1-4,7H2,(H,15,17)(H,16,18). The maximum atomic E-state index is 11.9. The van der Waals surface area contributed by atoms with Crippen molar-refractivity contribution >= 4 is 22.5 Å². The van der Waals surface area contributed by atoms with E-state index in [-0.39, 0.29) is 5.91 Å². The van der Waals surface area contributed by atoms with Gasteiger partial charge in [0.2, 0.25) is 5.91 Å². The summed E-state index contributed by atoms with van der Waals surface area (Å²) in [6, 6.07) is 5.80. The van der Waals surface area contributed by atoms with Gasteiger partial charge in [0, 0.05) is 17.5 Å². The van der Waals surface area contributed by atoms with Crippen LogP contribution in [0.1, 0.15) is 32.1 Å². The summed E-state index contributed by atoms with van der Waals surface area (Å²) in [5, 5.41) is 10.9. The highest BCUT2D eigenvalue weighted by Crippen LogP contribution is 2.28. The maximum absolute atomic E-state index is 11.9. The molecule has 18 heavy (non-hydrogen) atoms. The number of H-pyrrole nitrogens is 1. The molecule has 1 heterocycles. The summed E-state index contributed by atoms with van der Waals surface area (Å²) in [6.45, 7) is 0. The molecule has 2 N–H and O–H groups in total. The lowest BCUT2D eigenvalue weighted by Gasteiger charge is -2.09. The Morgan fingerprint density at radius 2 is 2.22 bits per heavy atom. The summed E-state index contributed by atoms with van der Waals surface area (Å²) in [6.07, 6.45) is 7.38. The molecule has 1 aromatic heterocycles. The highest BCUT2D eigenvalue weighted by atomic mass is 16.1. The lowest BCUT2D eigenvalue weighted by atomic mass is 10.0. The first-order chi connectivity index (χ1) is 8.81. The van der Waals surface area contributed by atoms with E-state index >= 15 is 0 Å². The lowest BCUT2D eigenvalue weighted by Crippen LogP contribution is -2.14. The molecular formula is C14H17N3O. The van der Waals surface area contributed by atoms with E-state index in [0.29, 0.717) is 12.3 Å². The van der Waals surface area contributed by atoms with Gasteiger partial charge in [0.15, 0.2) is 0 Å². The second kappa shape index (κ2) is 4.80. The van der Waals surface area contributed by atoms with Gasteiger partial charge in [-0.1, -0.05) is 12.8 Å². The molecule has 1 aliphatic rings. The third-order valence-corrected chi connectivity index (χ3v) is 3.67. The Labute approximate surface area is 106 Å². The summed E-state index contributed by atoms with van der Waals surface area (Å²) in [7, 11) is 0. The molecule has 1 aromatic carbocycles. The summed E-state index contributed by atoms with van der Waals surface area (Å²) < 4.78 is 0. The summed E-state index contributed by atoms with van der Waals surface area (Å²) in [5.41, 5.74) is 1.84. The van der Waals surface area contributed by atoms with Crippen molar-refractivity contribution in [3.63, 3.8) is 0 Å². The van der Waals surface area contributed by atoms with E-state index in [0.717, 1.165) is 16.6 Å². The molecule has 4 nitrogen and oxygen atoms in total. The van der Waals surface area contributed by atoms with Crippen LogP contribution in [0, 0.1) is 5.92 Å². The van der Waals surface area contributed by atoms with Gasteiger partial charge in [-0.25, -0.2) is 0 Å². The van der Waals surface area contributed by atoms with Gasteiger partial charge in [-0.15, -0.1) is 0 Å². The zero-order valence-electron chi connectivity index (χ0n) is 10.3. The molecule has 0 bridgehead atoms. The fourth-order valence-corrected chi connectivity index (χ4v) is 2.71. The van der Waals surface area contributed by atoms with Crippen LogP contribution < -0.4 is 5.32 Å². The average Bonchev–Trinajstić information content (AvgIpc) is 2.98. The van der Waals surface area contributed by atoms with E-state index in [1.807, 2.05) is 18.2 Å². The van der Waals surface area contributed by atoms with Crippen molar-refractivity contribution in [2.75, 3.05) is 5.32 Å². The molecule has 0 radical (unpaired) electrons. The van der Waals surface area contributed by atoms with Gasteiger partial charge < -0.3 is 5.32 Å². The molecule has 1 saturated carbocycles. The molecule has 0 aliphatic heterocycles. The SMILES string of the molecule is O=C(CC1CCCC1)Nc1ccc2[nH]ncc2c1. The van der Waals surface area contributed by atoms with Crippen LogP contribution in [-0.2, 0) is 4.79 Å². The predicted molar refractivity (Wildman–Crippen MR) is 71.3 cm³/mol. The van der Waals surface area contributed by atoms with Crippen molar-refractivity contribution in [3.05, 3.63) is 24.4 Å². The first-order valence-corrected chi connectivity index (χ1v) is 6.54. The van der Waals surface area contributed by atoms with Gasteiger partial charge in [0.1, 0.15) is 0 Å². The number of aromatic amines is 1. The van der Waals surface area contributed by atoms with Gasteiger partial charge in [-0.05, 0) is 37.0 Å². The van der Waals surface area contributed by atoms with E-state index in [4.69, 9.17) is 0 Å².